The number of likely N-dealkylation sites (tertiary alicyclic amines) is 1. The molecule has 2 heterocycles. The Bertz CT molecular complexity index is 283. The lowest BCUT2D eigenvalue weighted by Crippen LogP contribution is -2.69. The largest absolute Gasteiger partial charge is 0.327 e. The molecule has 0 saturated carbocycles. The van der Waals surface area contributed by atoms with E-state index in [2.05, 4.69) is 0 Å². The highest BCUT2D eigenvalue weighted by atomic mass is 16.2. The maximum absolute atomic E-state index is 11.7. The molecule has 0 aromatic heterocycles. The predicted octanol–water partition coefficient (Wildman–Crippen LogP) is -0.806. The van der Waals surface area contributed by atoms with E-state index in [-0.39, 0.29) is 11.9 Å². The maximum Gasteiger partial charge on any atom is 0.327 e. The molecule has 0 unspecified atom stereocenters. The molecule has 0 bridgehead atoms. The van der Waals surface area contributed by atoms with Gasteiger partial charge in [-0.15, -0.1) is 0 Å². The molecule has 5 heteroatoms. The minimum Gasteiger partial charge on any atom is -0.310 e. The third-order valence-corrected chi connectivity index (χ3v) is 2.98. The standard InChI is InChI=1S/C8H13N3O2/c1-9-4-8(5-9)6(12)10(2)7(13)11(8)3/h4-5H2,1-3H3. The molecule has 0 N–H and O–H groups in total. The van der Waals surface area contributed by atoms with Crippen LogP contribution in [0.4, 0.5) is 4.79 Å². The van der Waals surface area contributed by atoms with E-state index in [1.165, 1.54) is 11.9 Å². The van der Waals surface area contributed by atoms with Crippen molar-refractivity contribution in [1.29, 1.82) is 0 Å². The number of imide groups is 1. The van der Waals surface area contributed by atoms with Crippen LogP contribution in [-0.2, 0) is 4.79 Å². The Kier molecular flexibility index (Phi) is 1.46. The maximum atomic E-state index is 11.7. The van der Waals surface area contributed by atoms with Gasteiger partial charge in [-0.1, -0.05) is 0 Å². The molecule has 2 rings (SSSR count). The Labute approximate surface area is 76.9 Å². The number of hydrogen-bond acceptors (Lipinski definition) is 3. The Balaban J connectivity index is 2.31. The summed E-state index contributed by atoms with van der Waals surface area (Å²) in [4.78, 5) is 27.9. The number of hydrogen-bond donors (Lipinski definition) is 0. The predicted molar refractivity (Wildman–Crippen MR) is 46.2 cm³/mol. The van der Waals surface area contributed by atoms with Gasteiger partial charge >= 0.3 is 6.03 Å². The quantitative estimate of drug-likeness (QED) is 0.461. The SMILES string of the molecule is CN1CC2(C1)C(=O)N(C)C(=O)N2C. The summed E-state index contributed by atoms with van der Waals surface area (Å²) in [7, 11) is 5.17. The van der Waals surface area contributed by atoms with E-state index in [0.29, 0.717) is 13.1 Å². The Hall–Kier alpha value is -1.10. The Morgan fingerprint density at radius 1 is 1.15 bits per heavy atom. The molecule has 13 heavy (non-hydrogen) atoms. The van der Waals surface area contributed by atoms with Gasteiger partial charge in [-0.3, -0.25) is 9.69 Å². The van der Waals surface area contributed by atoms with E-state index in [4.69, 9.17) is 0 Å². The molecule has 5 nitrogen and oxygen atoms in total. The van der Waals surface area contributed by atoms with Crippen molar-refractivity contribution in [3.8, 4) is 0 Å². The van der Waals surface area contributed by atoms with Gasteiger partial charge in [0.25, 0.3) is 5.91 Å². The van der Waals surface area contributed by atoms with Crippen molar-refractivity contribution < 1.29 is 9.59 Å². The molecule has 2 fully saturated rings. The van der Waals surface area contributed by atoms with E-state index in [1.54, 1.807) is 11.9 Å². The first-order valence-corrected chi connectivity index (χ1v) is 4.23. The van der Waals surface area contributed by atoms with Crippen LogP contribution in [-0.4, -0.2) is 66.4 Å². The minimum absolute atomic E-state index is 0.0712. The zero-order valence-corrected chi connectivity index (χ0v) is 8.07. The minimum atomic E-state index is -0.555. The second-order valence-corrected chi connectivity index (χ2v) is 3.91. The average molecular weight is 183 g/mol. The van der Waals surface area contributed by atoms with Crippen LogP contribution in [0.5, 0.6) is 0 Å². The molecule has 0 aromatic carbocycles. The van der Waals surface area contributed by atoms with Crippen LogP contribution in [0.25, 0.3) is 0 Å². The van der Waals surface area contributed by atoms with Crippen LogP contribution >= 0.6 is 0 Å². The van der Waals surface area contributed by atoms with Gasteiger partial charge in [0.1, 0.15) is 5.54 Å². The van der Waals surface area contributed by atoms with Gasteiger partial charge in [0, 0.05) is 27.2 Å². The molecule has 0 aliphatic carbocycles. The lowest BCUT2D eigenvalue weighted by atomic mass is 9.89. The highest BCUT2D eigenvalue weighted by molar-refractivity contribution is 6.07. The summed E-state index contributed by atoms with van der Waals surface area (Å²) in [6.45, 7) is 1.30. The second-order valence-electron chi connectivity index (χ2n) is 3.91. The van der Waals surface area contributed by atoms with Gasteiger partial charge in [0.05, 0.1) is 0 Å². The molecule has 0 atom stereocenters. The van der Waals surface area contributed by atoms with E-state index < -0.39 is 5.54 Å². The molecule has 72 valence electrons. The normalized spacial score (nSPS) is 27.3. The van der Waals surface area contributed by atoms with Crippen LogP contribution in [0.1, 0.15) is 0 Å². The molecule has 3 amide bonds. The Morgan fingerprint density at radius 3 is 2.00 bits per heavy atom. The lowest BCUT2D eigenvalue weighted by Gasteiger charge is -2.47. The average Bonchev–Trinajstić information content (AvgIpc) is 2.19. The van der Waals surface area contributed by atoms with E-state index in [0.717, 1.165) is 0 Å². The third-order valence-electron chi connectivity index (χ3n) is 2.98. The zero-order chi connectivity index (χ0) is 9.80. The fourth-order valence-electron chi connectivity index (χ4n) is 2.14. The van der Waals surface area contributed by atoms with Crippen molar-refractivity contribution in [3.63, 3.8) is 0 Å². The molecule has 2 aliphatic rings. The molecule has 1 spiro atoms. The van der Waals surface area contributed by atoms with Gasteiger partial charge in [0.2, 0.25) is 0 Å². The number of carbonyl (C=O) groups excluding carboxylic acids is 2. The van der Waals surface area contributed by atoms with Gasteiger partial charge < -0.3 is 9.80 Å². The highest BCUT2D eigenvalue weighted by Crippen LogP contribution is 2.33. The Morgan fingerprint density at radius 2 is 1.69 bits per heavy atom. The summed E-state index contributed by atoms with van der Waals surface area (Å²) in [6, 6.07) is -0.196. The van der Waals surface area contributed by atoms with E-state index in [9.17, 15) is 9.59 Å². The van der Waals surface area contributed by atoms with E-state index >= 15 is 0 Å². The van der Waals surface area contributed by atoms with Crippen LogP contribution in [0.3, 0.4) is 0 Å². The first-order valence-electron chi connectivity index (χ1n) is 4.23. The van der Waals surface area contributed by atoms with Gasteiger partial charge in [-0.2, -0.15) is 0 Å². The van der Waals surface area contributed by atoms with Crippen LogP contribution in [0, 0.1) is 0 Å². The summed E-state index contributed by atoms with van der Waals surface area (Å²) < 4.78 is 0. The summed E-state index contributed by atoms with van der Waals surface area (Å²) in [5.74, 6) is -0.0712. The molecule has 2 aliphatic heterocycles. The van der Waals surface area contributed by atoms with Gasteiger partial charge in [-0.05, 0) is 7.05 Å². The van der Waals surface area contributed by atoms with E-state index in [1.807, 2.05) is 11.9 Å². The number of rotatable bonds is 0. The second kappa shape index (κ2) is 2.23. The number of likely N-dealkylation sites (N-methyl/N-ethyl adjacent to an activating group) is 3. The molecular formula is C8H13N3O2. The highest BCUT2D eigenvalue weighted by Gasteiger charge is 2.60. The fourth-order valence-corrected chi connectivity index (χ4v) is 2.14. The number of urea groups is 1. The smallest absolute Gasteiger partial charge is 0.310 e. The zero-order valence-electron chi connectivity index (χ0n) is 8.07. The van der Waals surface area contributed by atoms with Crippen molar-refractivity contribution >= 4 is 11.9 Å². The van der Waals surface area contributed by atoms with Crippen molar-refractivity contribution in [2.75, 3.05) is 34.2 Å². The lowest BCUT2D eigenvalue weighted by molar-refractivity contribution is -0.139. The van der Waals surface area contributed by atoms with Crippen molar-refractivity contribution in [1.82, 2.24) is 14.7 Å². The molecule has 2 saturated heterocycles. The van der Waals surface area contributed by atoms with Gasteiger partial charge in [-0.25, -0.2) is 4.79 Å². The third kappa shape index (κ3) is 0.798. The summed E-state index contributed by atoms with van der Waals surface area (Å²) in [5, 5.41) is 0. The number of nitrogens with zero attached hydrogens (tertiary/aromatic N) is 3. The van der Waals surface area contributed by atoms with Gasteiger partial charge in [0.15, 0.2) is 0 Å². The summed E-state index contributed by atoms with van der Waals surface area (Å²) in [6.07, 6.45) is 0. The van der Waals surface area contributed by atoms with Crippen LogP contribution < -0.4 is 0 Å². The molecule has 0 radical (unpaired) electrons. The monoisotopic (exact) mass is 183 g/mol. The summed E-state index contributed by atoms with van der Waals surface area (Å²) >= 11 is 0. The van der Waals surface area contributed by atoms with Crippen molar-refractivity contribution in [2.24, 2.45) is 0 Å². The molecular weight excluding hydrogens is 170 g/mol. The molecule has 0 aromatic rings. The van der Waals surface area contributed by atoms with Crippen LogP contribution in [0.2, 0.25) is 0 Å². The fraction of sp³-hybridized carbons (Fsp3) is 0.750. The number of amides is 3. The summed E-state index contributed by atoms with van der Waals surface area (Å²) in [5.41, 5.74) is -0.555. The van der Waals surface area contributed by atoms with Crippen LogP contribution in [0.15, 0.2) is 0 Å². The first-order chi connectivity index (χ1) is 5.99. The number of carbonyl (C=O) groups is 2. The first kappa shape index (κ1) is 8.50. The topological polar surface area (TPSA) is 43.9 Å². The van der Waals surface area contributed by atoms with Crippen molar-refractivity contribution in [2.45, 2.75) is 5.54 Å². The van der Waals surface area contributed by atoms with Crippen molar-refractivity contribution in [3.05, 3.63) is 0 Å².